The van der Waals surface area contributed by atoms with E-state index in [0.717, 1.165) is 15.6 Å². The van der Waals surface area contributed by atoms with Crippen molar-refractivity contribution in [2.75, 3.05) is 19.8 Å². The van der Waals surface area contributed by atoms with Crippen molar-refractivity contribution in [2.24, 2.45) is 0 Å². The number of aromatic nitrogens is 1. The third-order valence-electron chi connectivity index (χ3n) is 5.56. The Hall–Kier alpha value is -2.42. The van der Waals surface area contributed by atoms with Crippen LogP contribution in [0.3, 0.4) is 0 Å². The number of hydrogen-bond acceptors (Lipinski definition) is 7. The summed E-state index contributed by atoms with van der Waals surface area (Å²) in [5.74, 6) is 0.938. The molecular formula is C22H26N2O5S. The average molecular weight is 431 g/mol. The van der Waals surface area contributed by atoms with Gasteiger partial charge in [0.2, 0.25) is 0 Å². The molecule has 7 nitrogen and oxygen atoms in total. The van der Waals surface area contributed by atoms with E-state index in [1.54, 1.807) is 18.3 Å². The minimum absolute atomic E-state index is 0.126. The number of carbonyl (C=O) groups excluding carboxylic acids is 1. The zero-order valence-corrected chi connectivity index (χ0v) is 18.2. The number of benzene rings is 1. The van der Waals surface area contributed by atoms with Crippen LogP contribution in [0, 0.1) is 20.8 Å². The second kappa shape index (κ2) is 8.37. The summed E-state index contributed by atoms with van der Waals surface area (Å²) in [4.78, 5) is 18.6. The number of nitrogens with one attached hydrogen (secondary N) is 1. The van der Waals surface area contributed by atoms with E-state index in [1.807, 2.05) is 32.0 Å². The fourth-order valence-electron chi connectivity index (χ4n) is 3.82. The number of hydrogen-bond donors (Lipinski definition) is 2. The first kappa shape index (κ1) is 20.8. The molecule has 2 aromatic heterocycles. The van der Waals surface area contributed by atoms with Crippen molar-refractivity contribution in [1.29, 1.82) is 0 Å². The highest BCUT2D eigenvalue weighted by molar-refractivity contribution is 7.11. The normalized spacial score (nSPS) is 16.0. The number of rotatable bonds is 6. The molecule has 0 atom stereocenters. The maximum absolute atomic E-state index is 13.1. The van der Waals surface area contributed by atoms with Gasteiger partial charge in [-0.3, -0.25) is 4.79 Å². The SMILES string of the molecule is Cc1nc(C)c(COc2ccc3oc(C)c(C(=O)NC4(CO)CCOCC4)c3c2)s1. The number of amides is 1. The summed E-state index contributed by atoms with van der Waals surface area (Å²) in [6.45, 7) is 7.05. The molecule has 1 saturated heterocycles. The Kier molecular flexibility index (Phi) is 5.81. The maximum Gasteiger partial charge on any atom is 0.255 e. The number of nitrogens with zero attached hydrogens (tertiary/aromatic N) is 1. The molecule has 0 bridgehead atoms. The maximum atomic E-state index is 13.1. The number of ether oxygens (including phenoxy) is 2. The molecular weight excluding hydrogens is 404 g/mol. The molecule has 4 rings (SSSR count). The number of fused-ring (bicyclic) bond motifs is 1. The molecule has 0 unspecified atom stereocenters. The third-order valence-corrected chi connectivity index (χ3v) is 6.61. The Morgan fingerprint density at radius 3 is 2.73 bits per heavy atom. The highest BCUT2D eigenvalue weighted by atomic mass is 32.1. The summed E-state index contributed by atoms with van der Waals surface area (Å²) < 4.78 is 17.2. The Morgan fingerprint density at radius 2 is 2.07 bits per heavy atom. The molecule has 8 heteroatoms. The first-order valence-electron chi connectivity index (χ1n) is 10.0. The van der Waals surface area contributed by atoms with Crippen LogP contribution in [0.1, 0.15) is 44.5 Å². The molecule has 0 radical (unpaired) electrons. The monoisotopic (exact) mass is 430 g/mol. The zero-order valence-electron chi connectivity index (χ0n) is 17.4. The largest absolute Gasteiger partial charge is 0.488 e. The molecule has 30 heavy (non-hydrogen) atoms. The van der Waals surface area contributed by atoms with Gasteiger partial charge in [-0.15, -0.1) is 11.3 Å². The molecule has 0 aliphatic carbocycles. The smallest absolute Gasteiger partial charge is 0.255 e. The Balaban J connectivity index is 1.58. The van der Waals surface area contributed by atoms with Crippen LogP contribution in [-0.4, -0.2) is 41.4 Å². The molecule has 2 N–H and O–H groups in total. The number of thiazole rings is 1. The molecule has 1 aliphatic rings. The van der Waals surface area contributed by atoms with E-state index >= 15 is 0 Å². The lowest BCUT2D eigenvalue weighted by Crippen LogP contribution is -2.54. The summed E-state index contributed by atoms with van der Waals surface area (Å²) in [6, 6.07) is 5.49. The number of furan rings is 1. The van der Waals surface area contributed by atoms with Crippen LogP contribution in [-0.2, 0) is 11.3 Å². The fourth-order valence-corrected chi connectivity index (χ4v) is 4.67. The number of carbonyl (C=O) groups is 1. The van der Waals surface area contributed by atoms with E-state index in [-0.39, 0.29) is 12.5 Å². The van der Waals surface area contributed by atoms with Crippen LogP contribution >= 0.6 is 11.3 Å². The molecule has 1 aliphatic heterocycles. The quantitative estimate of drug-likeness (QED) is 0.620. The van der Waals surface area contributed by atoms with Gasteiger partial charge in [0.05, 0.1) is 33.3 Å². The van der Waals surface area contributed by atoms with Crippen LogP contribution < -0.4 is 10.1 Å². The summed E-state index contributed by atoms with van der Waals surface area (Å²) in [5.41, 5.74) is 1.41. The van der Waals surface area contributed by atoms with Gasteiger partial charge in [-0.25, -0.2) is 4.98 Å². The first-order chi connectivity index (χ1) is 14.4. The van der Waals surface area contributed by atoms with Gasteiger partial charge in [0.15, 0.2) is 0 Å². The highest BCUT2D eigenvalue weighted by Crippen LogP contribution is 2.31. The number of aliphatic hydroxyl groups is 1. The molecule has 3 aromatic rings. The van der Waals surface area contributed by atoms with E-state index < -0.39 is 5.54 Å². The predicted octanol–water partition coefficient (Wildman–Crippen LogP) is 3.66. The molecule has 3 heterocycles. The summed E-state index contributed by atoms with van der Waals surface area (Å²) in [5, 5.41) is 14.6. The summed E-state index contributed by atoms with van der Waals surface area (Å²) in [7, 11) is 0. The van der Waals surface area contributed by atoms with Crippen LogP contribution in [0.4, 0.5) is 0 Å². The Morgan fingerprint density at radius 1 is 1.30 bits per heavy atom. The van der Waals surface area contributed by atoms with Crippen molar-refractivity contribution in [3.63, 3.8) is 0 Å². The molecule has 1 fully saturated rings. The van der Waals surface area contributed by atoms with Gasteiger partial charge in [0.1, 0.15) is 23.7 Å². The van der Waals surface area contributed by atoms with Crippen molar-refractivity contribution in [3.05, 3.63) is 45.1 Å². The molecule has 0 spiro atoms. The molecule has 1 aromatic carbocycles. The van der Waals surface area contributed by atoms with Crippen LogP contribution in [0.2, 0.25) is 0 Å². The lowest BCUT2D eigenvalue weighted by molar-refractivity contribution is 0.0125. The van der Waals surface area contributed by atoms with Gasteiger partial charge in [-0.05, 0) is 51.8 Å². The van der Waals surface area contributed by atoms with Gasteiger partial charge in [-0.1, -0.05) is 0 Å². The Bertz CT molecular complexity index is 1070. The Labute approximate surface area is 179 Å². The van der Waals surface area contributed by atoms with Gasteiger partial charge in [0.25, 0.3) is 5.91 Å². The zero-order chi connectivity index (χ0) is 21.3. The average Bonchev–Trinajstić information content (AvgIpc) is 3.23. The van der Waals surface area contributed by atoms with Crippen molar-refractivity contribution < 1.29 is 23.8 Å². The van der Waals surface area contributed by atoms with E-state index in [2.05, 4.69) is 10.3 Å². The second-order valence-electron chi connectivity index (χ2n) is 7.73. The molecule has 160 valence electrons. The van der Waals surface area contributed by atoms with Gasteiger partial charge in [-0.2, -0.15) is 0 Å². The second-order valence-corrected chi connectivity index (χ2v) is 9.01. The number of aliphatic hydroxyl groups excluding tert-OH is 1. The van der Waals surface area contributed by atoms with Gasteiger partial charge >= 0.3 is 0 Å². The van der Waals surface area contributed by atoms with Crippen LogP contribution in [0.5, 0.6) is 5.75 Å². The van der Waals surface area contributed by atoms with E-state index in [1.165, 1.54) is 0 Å². The topological polar surface area (TPSA) is 93.8 Å². The standard InChI is InChI=1S/C22H26N2O5S/c1-13-19(30-15(3)23-13)11-28-16-4-5-18-17(10-16)20(14(2)29-18)21(26)24-22(12-25)6-8-27-9-7-22/h4-5,10,25H,6-9,11-12H2,1-3H3,(H,24,26). The predicted molar refractivity (Wildman–Crippen MR) is 114 cm³/mol. The van der Waals surface area contributed by atoms with Crippen LogP contribution in [0.25, 0.3) is 11.0 Å². The minimum atomic E-state index is -0.666. The van der Waals surface area contributed by atoms with Crippen molar-refractivity contribution in [1.82, 2.24) is 10.3 Å². The highest BCUT2D eigenvalue weighted by Gasteiger charge is 2.35. The van der Waals surface area contributed by atoms with Gasteiger partial charge in [0, 0.05) is 18.6 Å². The number of aryl methyl sites for hydroxylation is 3. The van der Waals surface area contributed by atoms with Gasteiger partial charge < -0.3 is 24.3 Å². The van der Waals surface area contributed by atoms with Crippen molar-refractivity contribution >= 4 is 28.2 Å². The first-order valence-corrected chi connectivity index (χ1v) is 10.8. The van der Waals surface area contributed by atoms with E-state index in [4.69, 9.17) is 13.9 Å². The van der Waals surface area contributed by atoms with Crippen molar-refractivity contribution in [2.45, 2.75) is 45.8 Å². The summed E-state index contributed by atoms with van der Waals surface area (Å²) in [6.07, 6.45) is 1.15. The van der Waals surface area contributed by atoms with E-state index in [9.17, 15) is 9.90 Å². The minimum Gasteiger partial charge on any atom is -0.488 e. The molecule has 1 amide bonds. The third kappa shape index (κ3) is 4.08. The lowest BCUT2D eigenvalue weighted by atomic mass is 9.90. The van der Waals surface area contributed by atoms with Crippen molar-refractivity contribution in [3.8, 4) is 5.75 Å². The fraction of sp³-hybridized carbons (Fsp3) is 0.455. The molecule has 0 saturated carbocycles. The van der Waals surface area contributed by atoms with E-state index in [0.29, 0.717) is 60.7 Å². The van der Waals surface area contributed by atoms with Crippen LogP contribution in [0.15, 0.2) is 22.6 Å². The lowest BCUT2D eigenvalue weighted by Gasteiger charge is -2.36. The summed E-state index contributed by atoms with van der Waals surface area (Å²) >= 11 is 1.62.